The van der Waals surface area contributed by atoms with Gasteiger partial charge in [0.15, 0.2) is 0 Å². The Morgan fingerprint density at radius 3 is 2.56 bits per heavy atom. The van der Waals surface area contributed by atoms with Gasteiger partial charge in [-0.25, -0.2) is 4.79 Å². The summed E-state index contributed by atoms with van der Waals surface area (Å²) in [5, 5.41) is 8.75. The first-order valence-corrected chi connectivity index (χ1v) is 8.11. The Bertz CT molecular complexity index is 770. The summed E-state index contributed by atoms with van der Waals surface area (Å²) >= 11 is 0. The van der Waals surface area contributed by atoms with Crippen molar-refractivity contribution in [3.05, 3.63) is 65.2 Å². The maximum absolute atomic E-state index is 10.7. The van der Waals surface area contributed by atoms with Crippen molar-refractivity contribution in [2.24, 2.45) is 0 Å². The predicted octanol–water partition coefficient (Wildman–Crippen LogP) is 4.67. The van der Waals surface area contributed by atoms with Crippen LogP contribution in [0.3, 0.4) is 0 Å². The smallest absolute Gasteiger partial charge is 0.328 e. The fourth-order valence-electron chi connectivity index (χ4n) is 2.40. The molecule has 0 fully saturated rings. The van der Waals surface area contributed by atoms with Gasteiger partial charge >= 0.3 is 5.97 Å². The molecule has 4 heteroatoms. The number of aliphatic carboxylic acids is 1. The molecule has 0 aliphatic rings. The number of rotatable bonds is 6. The average molecular weight is 340 g/mol. The molecule has 0 radical (unpaired) electrons. The minimum absolute atomic E-state index is 0.0542. The standard InChI is InChI=1S/C21H24O4/c1-21(2,3)17-6-5-7-18(13-17)25-14-16-12-15(9-11-20(22)23)8-10-19(16)24-4/h5-13H,14H2,1-4H3,(H,22,23)/b11-9+. The Balaban J connectivity index is 2.19. The fraction of sp³-hybridized carbons (Fsp3) is 0.286. The van der Waals surface area contributed by atoms with E-state index in [0.29, 0.717) is 12.4 Å². The van der Waals surface area contributed by atoms with Crippen LogP contribution in [0.5, 0.6) is 11.5 Å². The molecule has 0 aliphatic carbocycles. The number of hydrogen-bond acceptors (Lipinski definition) is 3. The van der Waals surface area contributed by atoms with Crippen molar-refractivity contribution >= 4 is 12.0 Å². The number of benzene rings is 2. The second-order valence-corrected chi connectivity index (χ2v) is 6.81. The largest absolute Gasteiger partial charge is 0.496 e. The first kappa shape index (κ1) is 18.6. The van der Waals surface area contributed by atoms with Crippen LogP contribution in [0.15, 0.2) is 48.5 Å². The van der Waals surface area contributed by atoms with Crippen molar-refractivity contribution in [1.29, 1.82) is 0 Å². The SMILES string of the molecule is COc1ccc(/C=C/C(=O)O)cc1COc1cccc(C(C)(C)C)c1. The summed E-state index contributed by atoms with van der Waals surface area (Å²) in [5.41, 5.74) is 2.90. The molecule has 0 bridgehead atoms. The average Bonchev–Trinajstić information content (AvgIpc) is 2.57. The molecule has 0 unspecified atom stereocenters. The first-order chi connectivity index (χ1) is 11.8. The molecule has 2 rings (SSSR count). The van der Waals surface area contributed by atoms with Crippen molar-refractivity contribution in [1.82, 2.24) is 0 Å². The van der Waals surface area contributed by atoms with E-state index in [9.17, 15) is 4.79 Å². The van der Waals surface area contributed by atoms with Gasteiger partial charge in [0.25, 0.3) is 0 Å². The summed E-state index contributed by atoms with van der Waals surface area (Å²) in [5.74, 6) is 0.521. The molecule has 0 heterocycles. The Hall–Kier alpha value is -2.75. The van der Waals surface area contributed by atoms with Gasteiger partial charge in [0.2, 0.25) is 0 Å². The van der Waals surface area contributed by atoms with Crippen LogP contribution in [-0.2, 0) is 16.8 Å². The molecule has 0 saturated heterocycles. The van der Waals surface area contributed by atoms with Crippen LogP contribution in [0, 0.1) is 0 Å². The highest BCUT2D eigenvalue weighted by atomic mass is 16.5. The van der Waals surface area contributed by atoms with Crippen molar-refractivity contribution in [2.45, 2.75) is 32.8 Å². The van der Waals surface area contributed by atoms with Crippen LogP contribution in [0.4, 0.5) is 0 Å². The third kappa shape index (κ3) is 5.38. The second kappa shape index (κ2) is 7.88. The number of carboxylic acid groups (broad SMARTS) is 1. The summed E-state index contributed by atoms with van der Waals surface area (Å²) in [6.07, 6.45) is 2.66. The molecule has 0 spiro atoms. The van der Waals surface area contributed by atoms with Gasteiger partial charge in [-0.3, -0.25) is 0 Å². The van der Waals surface area contributed by atoms with Crippen LogP contribution in [-0.4, -0.2) is 18.2 Å². The summed E-state index contributed by atoms with van der Waals surface area (Å²) in [7, 11) is 1.60. The zero-order chi connectivity index (χ0) is 18.4. The Morgan fingerprint density at radius 1 is 1.16 bits per heavy atom. The molecule has 132 valence electrons. The molecule has 4 nitrogen and oxygen atoms in total. The molecule has 1 N–H and O–H groups in total. The van der Waals surface area contributed by atoms with Gasteiger partial charge in [0.05, 0.1) is 7.11 Å². The highest BCUT2D eigenvalue weighted by molar-refractivity contribution is 5.85. The van der Waals surface area contributed by atoms with Crippen molar-refractivity contribution < 1.29 is 19.4 Å². The summed E-state index contributed by atoms with van der Waals surface area (Å²) in [6, 6.07) is 13.5. The Morgan fingerprint density at radius 2 is 1.92 bits per heavy atom. The van der Waals surface area contributed by atoms with Gasteiger partial charge in [0.1, 0.15) is 18.1 Å². The fourth-order valence-corrected chi connectivity index (χ4v) is 2.40. The highest BCUT2D eigenvalue weighted by Gasteiger charge is 2.14. The predicted molar refractivity (Wildman–Crippen MR) is 99.1 cm³/mol. The van der Waals surface area contributed by atoms with E-state index >= 15 is 0 Å². The lowest BCUT2D eigenvalue weighted by Gasteiger charge is -2.20. The molecule has 0 atom stereocenters. The van der Waals surface area contributed by atoms with E-state index in [1.165, 1.54) is 5.56 Å². The molecule has 2 aromatic rings. The maximum Gasteiger partial charge on any atom is 0.328 e. The van der Waals surface area contributed by atoms with E-state index in [2.05, 4.69) is 26.8 Å². The molecular formula is C21H24O4. The van der Waals surface area contributed by atoms with Crippen LogP contribution >= 0.6 is 0 Å². The lowest BCUT2D eigenvalue weighted by atomic mass is 9.87. The number of methoxy groups -OCH3 is 1. The molecule has 0 aromatic heterocycles. The number of ether oxygens (including phenoxy) is 2. The lowest BCUT2D eigenvalue weighted by Crippen LogP contribution is -2.11. The van der Waals surface area contributed by atoms with E-state index in [0.717, 1.165) is 23.0 Å². The minimum Gasteiger partial charge on any atom is -0.496 e. The van der Waals surface area contributed by atoms with Gasteiger partial charge in [-0.2, -0.15) is 0 Å². The van der Waals surface area contributed by atoms with E-state index in [4.69, 9.17) is 14.6 Å². The Kier molecular flexibility index (Phi) is 5.86. The van der Waals surface area contributed by atoms with Gasteiger partial charge in [0, 0.05) is 11.6 Å². The zero-order valence-corrected chi connectivity index (χ0v) is 15.1. The number of carboxylic acids is 1. The molecule has 25 heavy (non-hydrogen) atoms. The maximum atomic E-state index is 10.7. The van der Waals surface area contributed by atoms with Gasteiger partial charge in [-0.1, -0.05) is 39.0 Å². The molecular weight excluding hydrogens is 316 g/mol. The normalized spacial score (nSPS) is 11.5. The van der Waals surface area contributed by atoms with E-state index < -0.39 is 5.97 Å². The van der Waals surface area contributed by atoms with Crippen molar-refractivity contribution in [2.75, 3.05) is 7.11 Å². The third-order valence-corrected chi connectivity index (χ3v) is 3.82. The Labute approximate surface area is 148 Å². The van der Waals surface area contributed by atoms with Crippen molar-refractivity contribution in [3.63, 3.8) is 0 Å². The molecule has 0 aliphatic heterocycles. The summed E-state index contributed by atoms with van der Waals surface area (Å²) < 4.78 is 11.3. The quantitative estimate of drug-likeness (QED) is 0.777. The van der Waals surface area contributed by atoms with Crippen LogP contribution in [0.1, 0.15) is 37.5 Å². The first-order valence-electron chi connectivity index (χ1n) is 8.11. The van der Waals surface area contributed by atoms with E-state index in [1.54, 1.807) is 13.2 Å². The summed E-state index contributed by atoms with van der Waals surface area (Å²) in [6.45, 7) is 6.82. The van der Waals surface area contributed by atoms with Crippen molar-refractivity contribution in [3.8, 4) is 11.5 Å². The summed E-state index contributed by atoms with van der Waals surface area (Å²) in [4.78, 5) is 10.7. The lowest BCUT2D eigenvalue weighted by molar-refractivity contribution is -0.131. The van der Waals surface area contributed by atoms with E-state index in [1.807, 2.05) is 36.4 Å². The monoisotopic (exact) mass is 340 g/mol. The second-order valence-electron chi connectivity index (χ2n) is 6.81. The number of carbonyl (C=O) groups is 1. The van der Waals surface area contributed by atoms with Gasteiger partial charge < -0.3 is 14.6 Å². The van der Waals surface area contributed by atoms with Gasteiger partial charge in [-0.15, -0.1) is 0 Å². The van der Waals surface area contributed by atoms with Crippen LogP contribution in [0.2, 0.25) is 0 Å². The topological polar surface area (TPSA) is 55.8 Å². The minimum atomic E-state index is -0.979. The molecule has 0 saturated carbocycles. The highest BCUT2D eigenvalue weighted by Crippen LogP contribution is 2.27. The van der Waals surface area contributed by atoms with Crippen LogP contribution in [0.25, 0.3) is 6.08 Å². The molecule has 2 aromatic carbocycles. The van der Waals surface area contributed by atoms with E-state index in [-0.39, 0.29) is 5.41 Å². The number of hydrogen-bond donors (Lipinski definition) is 1. The third-order valence-electron chi connectivity index (χ3n) is 3.82. The van der Waals surface area contributed by atoms with Gasteiger partial charge in [-0.05, 0) is 46.9 Å². The van der Waals surface area contributed by atoms with Crippen LogP contribution < -0.4 is 9.47 Å². The molecule has 0 amide bonds. The zero-order valence-electron chi connectivity index (χ0n) is 15.1.